The summed E-state index contributed by atoms with van der Waals surface area (Å²) in [6.07, 6.45) is 16.9. The second-order valence-corrected chi connectivity index (χ2v) is 3.82. The van der Waals surface area contributed by atoms with Crippen molar-refractivity contribution in [2.75, 3.05) is 0 Å². The first-order valence-corrected chi connectivity index (χ1v) is 6.04. The fourth-order valence-electron chi connectivity index (χ4n) is 1.51. The summed E-state index contributed by atoms with van der Waals surface area (Å²) < 4.78 is 0. The SMILES string of the molecule is C=CCCCCCCCC/C=C/CC#N. The summed E-state index contributed by atoms with van der Waals surface area (Å²) >= 11 is 0. The molecule has 0 unspecified atom stereocenters. The third-order valence-electron chi connectivity index (χ3n) is 2.40. The van der Waals surface area contributed by atoms with Gasteiger partial charge in [-0.25, -0.2) is 0 Å². The van der Waals surface area contributed by atoms with Crippen LogP contribution in [0.3, 0.4) is 0 Å². The molecule has 0 aliphatic heterocycles. The smallest absolute Gasteiger partial charge is 0.0663 e. The Morgan fingerprint density at radius 1 is 0.867 bits per heavy atom. The Kier molecular flexibility index (Phi) is 12.1. The maximum atomic E-state index is 8.30. The third-order valence-corrected chi connectivity index (χ3v) is 2.40. The highest BCUT2D eigenvalue weighted by molar-refractivity contribution is 4.90. The molecule has 0 heterocycles. The number of hydrogen-bond donors (Lipinski definition) is 0. The molecule has 0 saturated carbocycles. The van der Waals surface area contributed by atoms with E-state index in [4.69, 9.17) is 5.26 Å². The van der Waals surface area contributed by atoms with Crippen LogP contribution in [0, 0.1) is 11.3 Å². The number of nitrogens with zero attached hydrogens (tertiary/aromatic N) is 1. The lowest BCUT2D eigenvalue weighted by atomic mass is 10.1. The Balaban J connectivity index is 2.99. The second-order valence-electron chi connectivity index (χ2n) is 3.82. The standard InChI is InChI=1S/C14H23N/c1-2-3-4-5-6-7-8-9-10-11-12-13-14-15/h2,11-12H,1,3-10,13H2/b12-11+. The van der Waals surface area contributed by atoms with Crippen molar-refractivity contribution in [2.45, 2.75) is 57.8 Å². The Morgan fingerprint density at radius 3 is 2.07 bits per heavy atom. The molecule has 0 spiro atoms. The van der Waals surface area contributed by atoms with Crippen LogP contribution in [0.2, 0.25) is 0 Å². The second kappa shape index (κ2) is 13.0. The zero-order valence-corrected chi connectivity index (χ0v) is 9.75. The maximum absolute atomic E-state index is 8.30. The average Bonchev–Trinajstić information content (AvgIpc) is 2.26. The van der Waals surface area contributed by atoms with E-state index in [1.165, 1.54) is 38.5 Å². The lowest BCUT2D eigenvalue weighted by Crippen LogP contribution is -1.79. The summed E-state index contributed by atoms with van der Waals surface area (Å²) in [5.41, 5.74) is 0. The molecule has 0 saturated heterocycles. The van der Waals surface area contributed by atoms with Crippen molar-refractivity contribution in [2.24, 2.45) is 0 Å². The van der Waals surface area contributed by atoms with Crippen molar-refractivity contribution in [1.82, 2.24) is 0 Å². The zero-order chi connectivity index (χ0) is 11.2. The molecular formula is C14H23N. The van der Waals surface area contributed by atoms with Crippen LogP contribution in [-0.4, -0.2) is 0 Å². The minimum atomic E-state index is 0.557. The Hall–Kier alpha value is -1.03. The molecule has 15 heavy (non-hydrogen) atoms. The molecule has 1 heteroatoms. The van der Waals surface area contributed by atoms with Crippen molar-refractivity contribution >= 4 is 0 Å². The van der Waals surface area contributed by atoms with E-state index in [9.17, 15) is 0 Å². The van der Waals surface area contributed by atoms with Gasteiger partial charge in [0.1, 0.15) is 0 Å². The van der Waals surface area contributed by atoms with E-state index >= 15 is 0 Å². The van der Waals surface area contributed by atoms with Crippen LogP contribution in [0.5, 0.6) is 0 Å². The minimum Gasteiger partial charge on any atom is -0.198 e. The summed E-state index contributed by atoms with van der Waals surface area (Å²) in [7, 11) is 0. The summed E-state index contributed by atoms with van der Waals surface area (Å²) in [4.78, 5) is 0. The van der Waals surface area contributed by atoms with E-state index in [0.29, 0.717) is 6.42 Å². The van der Waals surface area contributed by atoms with Crippen molar-refractivity contribution in [1.29, 1.82) is 5.26 Å². The highest BCUT2D eigenvalue weighted by Crippen LogP contribution is 2.08. The van der Waals surface area contributed by atoms with Gasteiger partial charge < -0.3 is 0 Å². The molecule has 0 aromatic carbocycles. The Labute approximate surface area is 94.5 Å². The summed E-state index contributed by atoms with van der Waals surface area (Å²) in [5, 5.41) is 8.30. The van der Waals surface area contributed by atoms with Crippen molar-refractivity contribution < 1.29 is 0 Å². The first-order chi connectivity index (χ1) is 7.41. The predicted octanol–water partition coefficient (Wildman–Crippen LogP) is 4.76. The van der Waals surface area contributed by atoms with Crippen molar-refractivity contribution in [3.63, 3.8) is 0 Å². The average molecular weight is 205 g/mol. The van der Waals surface area contributed by atoms with E-state index < -0.39 is 0 Å². The molecule has 0 fully saturated rings. The van der Waals surface area contributed by atoms with E-state index in [0.717, 1.165) is 12.8 Å². The molecule has 0 rings (SSSR count). The highest BCUT2D eigenvalue weighted by atomic mass is 14.2. The van der Waals surface area contributed by atoms with Gasteiger partial charge >= 0.3 is 0 Å². The van der Waals surface area contributed by atoms with Gasteiger partial charge in [0.05, 0.1) is 12.5 Å². The van der Waals surface area contributed by atoms with E-state index in [2.05, 4.69) is 18.7 Å². The predicted molar refractivity (Wildman–Crippen MR) is 66.5 cm³/mol. The van der Waals surface area contributed by atoms with Gasteiger partial charge in [0.25, 0.3) is 0 Å². The van der Waals surface area contributed by atoms with Gasteiger partial charge in [0.2, 0.25) is 0 Å². The van der Waals surface area contributed by atoms with E-state index in [1.807, 2.05) is 12.2 Å². The van der Waals surface area contributed by atoms with Gasteiger partial charge in [-0.15, -0.1) is 6.58 Å². The summed E-state index contributed by atoms with van der Waals surface area (Å²) in [6, 6.07) is 2.10. The number of allylic oxidation sites excluding steroid dienone is 3. The van der Waals surface area contributed by atoms with Crippen LogP contribution in [-0.2, 0) is 0 Å². The molecule has 0 aromatic rings. The molecule has 1 nitrogen and oxygen atoms in total. The molecule has 84 valence electrons. The van der Waals surface area contributed by atoms with Gasteiger partial charge in [-0.2, -0.15) is 5.26 Å². The lowest BCUT2D eigenvalue weighted by molar-refractivity contribution is 0.600. The fraction of sp³-hybridized carbons (Fsp3) is 0.643. The van der Waals surface area contributed by atoms with Crippen molar-refractivity contribution in [3.05, 3.63) is 24.8 Å². The molecule has 0 atom stereocenters. The molecule has 0 aromatic heterocycles. The molecular weight excluding hydrogens is 182 g/mol. The summed E-state index contributed by atoms with van der Waals surface area (Å²) in [6.45, 7) is 3.71. The number of nitriles is 1. The Morgan fingerprint density at radius 2 is 1.47 bits per heavy atom. The number of hydrogen-bond acceptors (Lipinski definition) is 1. The van der Waals surface area contributed by atoms with Gasteiger partial charge in [-0.1, -0.05) is 43.9 Å². The van der Waals surface area contributed by atoms with Gasteiger partial charge in [0.15, 0.2) is 0 Å². The van der Waals surface area contributed by atoms with Gasteiger partial charge in [-0.05, 0) is 25.7 Å². The fourth-order valence-corrected chi connectivity index (χ4v) is 1.51. The first-order valence-electron chi connectivity index (χ1n) is 6.04. The van der Waals surface area contributed by atoms with Crippen LogP contribution in [0.15, 0.2) is 24.8 Å². The largest absolute Gasteiger partial charge is 0.198 e. The van der Waals surface area contributed by atoms with Crippen LogP contribution >= 0.6 is 0 Å². The van der Waals surface area contributed by atoms with Gasteiger partial charge in [0, 0.05) is 0 Å². The van der Waals surface area contributed by atoms with Crippen LogP contribution in [0.4, 0.5) is 0 Å². The van der Waals surface area contributed by atoms with Crippen LogP contribution in [0.1, 0.15) is 57.8 Å². The molecule has 0 bridgehead atoms. The number of unbranched alkanes of at least 4 members (excludes halogenated alkanes) is 7. The molecule has 0 aliphatic rings. The first kappa shape index (κ1) is 14.0. The molecule has 0 radical (unpaired) electrons. The quantitative estimate of drug-likeness (QED) is 0.372. The van der Waals surface area contributed by atoms with Crippen LogP contribution in [0.25, 0.3) is 0 Å². The zero-order valence-electron chi connectivity index (χ0n) is 9.75. The molecule has 0 aliphatic carbocycles. The minimum absolute atomic E-state index is 0.557. The normalized spacial score (nSPS) is 10.3. The third kappa shape index (κ3) is 13.0. The Bertz CT molecular complexity index is 198. The number of rotatable bonds is 10. The monoisotopic (exact) mass is 205 g/mol. The lowest BCUT2D eigenvalue weighted by Gasteiger charge is -1.98. The highest BCUT2D eigenvalue weighted by Gasteiger charge is 1.89. The van der Waals surface area contributed by atoms with Crippen LogP contribution < -0.4 is 0 Å². The molecule has 0 N–H and O–H groups in total. The van der Waals surface area contributed by atoms with E-state index in [-0.39, 0.29) is 0 Å². The van der Waals surface area contributed by atoms with Gasteiger partial charge in [-0.3, -0.25) is 0 Å². The topological polar surface area (TPSA) is 23.8 Å². The van der Waals surface area contributed by atoms with Crippen molar-refractivity contribution in [3.8, 4) is 6.07 Å². The van der Waals surface area contributed by atoms with E-state index in [1.54, 1.807) is 0 Å². The molecule has 0 amide bonds. The maximum Gasteiger partial charge on any atom is 0.0663 e. The summed E-state index contributed by atoms with van der Waals surface area (Å²) in [5.74, 6) is 0.